The van der Waals surface area contributed by atoms with Crippen LogP contribution in [0.25, 0.3) is 0 Å². The van der Waals surface area contributed by atoms with Gasteiger partial charge in [0.25, 0.3) is 5.91 Å². The van der Waals surface area contributed by atoms with E-state index in [1.54, 1.807) is 12.1 Å². The van der Waals surface area contributed by atoms with E-state index in [1.807, 2.05) is 0 Å². The number of thioether (sulfide) groups is 2. The third-order valence-corrected chi connectivity index (χ3v) is 11.7. The number of sulfonamides is 1. The van der Waals surface area contributed by atoms with Crippen molar-refractivity contribution < 1.29 is 22.7 Å². The quantitative estimate of drug-likeness (QED) is 0.555. The van der Waals surface area contributed by atoms with Gasteiger partial charge in [-0.15, -0.1) is 23.5 Å². The van der Waals surface area contributed by atoms with Gasteiger partial charge in [-0.2, -0.15) is 0 Å². The highest BCUT2D eigenvalue weighted by molar-refractivity contribution is 8.21. The molecule has 1 spiro atoms. The van der Waals surface area contributed by atoms with Crippen LogP contribution in [-0.4, -0.2) is 49.0 Å². The van der Waals surface area contributed by atoms with Gasteiger partial charge in [0, 0.05) is 18.1 Å². The number of nitrogens with two attached hydrogens (primary N) is 1. The third-order valence-electron chi connectivity index (χ3n) is 6.79. The van der Waals surface area contributed by atoms with Gasteiger partial charge >= 0.3 is 5.97 Å². The van der Waals surface area contributed by atoms with Crippen molar-refractivity contribution in [2.24, 2.45) is 22.9 Å². The summed E-state index contributed by atoms with van der Waals surface area (Å²) in [6.45, 7) is 0.110. The molecule has 0 aromatic heterocycles. The lowest BCUT2D eigenvalue weighted by Gasteiger charge is -2.51. The third kappa shape index (κ3) is 5.29. The number of nitrogens with one attached hydrogen (secondary N) is 1. The van der Waals surface area contributed by atoms with Crippen LogP contribution >= 0.6 is 23.5 Å². The van der Waals surface area contributed by atoms with E-state index in [0.29, 0.717) is 28.9 Å². The first-order valence-corrected chi connectivity index (χ1v) is 14.6. The zero-order chi connectivity index (χ0) is 22.8. The molecule has 1 aliphatic heterocycles. The fraction of sp³-hybridized carbons (Fsp3) is 0.636. The van der Waals surface area contributed by atoms with Crippen molar-refractivity contribution >= 4 is 45.4 Å². The van der Waals surface area contributed by atoms with Crippen LogP contribution in [0.1, 0.15) is 37.7 Å². The number of hydrogen-bond donors (Lipinski definition) is 2. The average molecular weight is 499 g/mol. The molecule has 176 valence electrons. The summed E-state index contributed by atoms with van der Waals surface area (Å²) >= 11 is 4.22. The average Bonchev–Trinajstić information content (AvgIpc) is 3.21. The Morgan fingerprint density at radius 3 is 2.31 bits per heavy atom. The van der Waals surface area contributed by atoms with Gasteiger partial charge in [0.2, 0.25) is 10.0 Å². The molecule has 2 bridgehead atoms. The number of esters is 1. The second-order valence-electron chi connectivity index (χ2n) is 8.81. The molecule has 3 fully saturated rings. The van der Waals surface area contributed by atoms with Crippen LogP contribution in [0.4, 0.5) is 0 Å². The molecule has 10 heteroatoms. The van der Waals surface area contributed by atoms with Gasteiger partial charge in [-0.1, -0.05) is 18.6 Å². The Hall–Kier alpha value is -1.23. The normalized spacial score (nSPS) is 26.6. The maximum Gasteiger partial charge on any atom is 0.309 e. The summed E-state index contributed by atoms with van der Waals surface area (Å²) in [6.07, 6.45) is 5.94. The molecule has 2 unspecified atom stereocenters. The molecule has 4 rings (SSSR count). The minimum absolute atomic E-state index is 0.0556. The fourth-order valence-electron chi connectivity index (χ4n) is 5.30. The SMILES string of the molecule is NS(=O)(=O)c1ccc(CCNC(=O)COC(=O)C2CC3CCCC(C2)C32SCCS2)cc1. The summed E-state index contributed by atoms with van der Waals surface area (Å²) in [5.74, 6) is 2.90. The largest absolute Gasteiger partial charge is 0.455 e. The maximum atomic E-state index is 12.7. The molecule has 1 aromatic rings. The van der Waals surface area contributed by atoms with E-state index in [1.165, 1.54) is 42.9 Å². The molecule has 2 atom stereocenters. The number of hydrogen-bond acceptors (Lipinski definition) is 7. The molecular weight excluding hydrogens is 468 g/mol. The van der Waals surface area contributed by atoms with E-state index in [2.05, 4.69) is 28.8 Å². The van der Waals surface area contributed by atoms with Gasteiger partial charge in [-0.25, -0.2) is 13.6 Å². The highest BCUT2D eigenvalue weighted by Crippen LogP contribution is 2.64. The van der Waals surface area contributed by atoms with Crippen LogP contribution in [0, 0.1) is 17.8 Å². The Labute approximate surface area is 198 Å². The molecule has 32 heavy (non-hydrogen) atoms. The Kier molecular flexibility index (Phi) is 7.43. The number of carbonyl (C=O) groups is 2. The van der Waals surface area contributed by atoms with Crippen molar-refractivity contribution in [3.8, 4) is 0 Å². The molecule has 3 N–H and O–H groups in total. The fourth-order valence-corrected chi connectivity index (χ4v) is 9.75. The van der Waals surface area contributed by atoms with E-state index in [0.717, 1.165) is 18.4 Å². The Morgan fingerprint density at radius 2 is 1.72 bits per heavy atom. The number of carbonyl (C=O) groups excluding carboxylic acids is 2. The van der Waals surface area contributed by atoms with Crippen LogP contribution in [0.15, 0.2) is 29.2 Å². The van der Waals surface area contributed by atoms with Gasteiger partial charge in [-0.05, 0) is 61.6 Å². The highest BCUT2D eigenvalue weighted by Gasteiger charge is 2.55. The highest BCUT2D eigenvalue weighted by atomic mass is 32.2. The van der Waals surface area contributed by atoms with E-state index in [-0.39, 0.29) is 29.3 Å². The van der Waals surface area contributed by atoms with E-state index in [9.17, 15) is 18.0 Å². The van der Waals surface area contributed by atoms with Gasteiger partial charge in [0.05, 0.1) is 14.9 Å². The summed E-state index contributed by atoms with van der Waals surface area (Å²) in [6, 6.07) is 6.22. The lowest BCUT2D eigenvalue weighted by atomic mass is 9.67. The molecule has 2 saturated carbocycles. The van der Waals surface area contributed by atoms with Crippen molar-refractivity contribution in [3.63, 3.8) is 0 Å². The van der Waals surface area contributed by atoms with E-state index >= 15 is 0 Å². The molecule has 3 aliphatic rings. The summed E-state index contributed by atoms with van der Waals surface area (Å²) < 4.78 is 28.3. The van der Waals surface area contributed by atoms with Crippen LogP contribution < -0.4 is 10.5 Å². The molecule has 7 nitrogen and oxygen atoms in total. The lowest BCUT2D eigenvalue weighted by molar-refractivity contribution is -0.155. The predicted molar refractivity (Wildman–Crippen MR) is 127 cm³/mol. The molecule has 2 aliphatic carbocycles. The topological polar surface area (TPSA) is 116 Å². The van der Waals surface area contributed by atoms with E-state index in [4.69, 9.17) is 9.88 Å². The van der Waals surface area contributed by atoms with Crippen LogP contribution in [0.3, 0.4) is 0 Å². The number of primary sulfonamides is 1. The molecule has 1 saturated heterocycles. The molecular formula is C22H30N2O5S3. The minimum Gasteiger partial charge on any atom is -0.455 e. The second kappa shape index (κ2) is 9.95. The van der Waals surface area contributed by atoms with Crippen LogP contribution in [-0.2, 0) is 30.8 Å². The van der Waals surface area contributed by atoms with Crippen molar-refractivity contribution in [1.82, 2.24) is 5.32 Å². The lowest BCUT2D eigenvalue weighted by Crippen LogP contribution is -2.48. The van der Waals surface area contributed by atoms with Crippen LogP contribution in [0.2, 0.25) is 0 Å². The first-order valence-electron chi connectivity index (χ1n) is 11.1. The number of ether oxygens (including phenoxy) is 1. The standard InChI is InChI=1S/C22H30N2O5S3/c23-32(27,28)19-6-4-15(5-7-19)8-9-24-20(25)14-29-21(26)16-12-17-2-1-3-18(13-16)22(17)30-10-11-31-22/h4-7,16-18H,1-3,8-14H2,(H,24,25)(H2,23,27,28). The Bertz CT molecular complexity index is 929. The van der Waals surface area contributed by atoms with Gasteiger partial charge in [0.1, 0.15) is 0 Å². The predicted octanol–water partition coefficient (Wildman–Crippen LogP) is 2.54. The number of rotatable bonds is 7. The monoisotopic (exact) mass is 498 g/mol. The van der Waals surface area contributed by atoms with Crippen molar-refractivity contribution in [1.29, 1.82) is 0 Å². The van der Waals surface area contributed by atoms with E-state index < -0.39 is 10.0 Å². The minimum atomic E-state index is -3.71. The maximum absolute atomic E-state index is 12.7. The smallest absolute Gasteiger partial charge is 0.309 e. The Balaban J connectivity index is 1.20. The number of amides is 1. The van der Waals surface area contributed by atoms with Gasteiger partial charge in [0.15, 0.2) is 6.61 Å². The van der Waals surface area contributed by atoms with Gasteiger partial charge < -0.3 is 10.1 Å². The number of benzene rings is 1. The summed E-state index contributed by atoms with van der Waals surface area (Å²) in [5, 5.41) is 7.83. The van der Waals surface area contributed by atoms with Crippen molar-refractivity contribution in [2.45, 2.75) is 47.5 Å². The Morgan fingerprint density at radius 1 is 1.09 bits per heavy atom. The second-order valence-corrected chi connectivity index (χ2v) is 13.4. The molecule has 1 heterocycles. The van der Waals surface area contributed by atoms with Crippen LogP contribution in [0.5, 0.6) is 0 Å². The summed E-state index contributed by atoms with van der Waals surface area (Å²) in [5.41, 5.74) is 0.875. The molecule has 1 aromatic carbocycles. The molecule has 1 amide bonds. The zero-order valence-electron chi connectivity index (χ0n) is 18.0. The first-order chi connectivity index (χ1) is 15.3. The summed E-state index contributed by atoms with van der Waals surface area (Å²) in [7, 11) is -3.71. The molecule has 0 radical (unpaired) electrons. The van der Waals surface area contributed by atoms with Crippen molar-refractivity contribution in [2.75, 3.05) is 24.7 Å². The zero-order valence-corrected chi connectivity index (χ0v) is 20.4. The first kappa shape index (κ1) is 23.9. The van der Waals surface area contributed by atoms with Crippen molar-refractivity contribution in [3.05, 3.63) is 29.8 Å². The van der Waals surface area contributed by atoms with Gasteiger partial charge in [-0.3, -0.25) is 9.59 Å². The summed E-state index contributed by atoms with van der Waals surface area (Å²) in [4.78, 5) is 24.8.